The molecule has 2 heterocycles. The van der Waals surface area contributed by atoms with Gasteiger partial charge in [-0.05, 0) is 55.3 Å². The fourth-order valence-electron chi connectivity index (χ4n) is 4.04. The number of benzene rings is 2. The van der Waals surface area contributed by atoms with Crippen LogP contribution in [-0.2, 0) is 11.3 Å². The molecule has 4 rings (SSSR count). The minimum absolute atomic E-state index is 0.000483. The Morgan fingerprint density at radius 3 is 2.33 bits per heavy atom. The van der Waals surface area contributed by atoms with Crippen LogP contribution in [0.15, 0.2) is 48.7 Å². The molecule has 0 spiro atoms. The van der Waals surface area contributed by atoms with E-state index in [0.717, 1.165) is 0 Å². The minimum atomic E-state index is -1.30. The predicted molar refractivity (Wildman–Crippen MR) is 156 cm³/mol. The molecular weight excluding hydrogens is 560 g/mol. The Bertz CT molecular complexity index is 1700. The SMILES string of the molecule is Nc1ccc(C(=O)NCCCC(NC(=O)c2ccc(NCc3cnc4nc(N)nc(N)c4n3)cc2)C(=O)O)c(C(=O)O)c1. The smallest absolute Gasteiger partial charge is 0.336 e. The number of fused-ring (bicyclic) bond motifs is 1. The number of carbonyl (C=O) groups is 4. The Labute approximate surface area is 243 Å². The van der Waals surface area contributed by atoms with Crippen molar-refractivity contribution in [1.29, 1.82) is 0 Å². The van der Waals surface area contributed by atoms with Crippen molar-refractivity contribution in [2.75, 3.05) is 29.1 Å². The van der Waals surface area contributed by atoms with E-state index >= 15 is 0 Å². The molecule has 16 nitrogen and oxygen atoms in total. The molecule has 0 bridgehead atoms. The van der Waals surface area contributed by atoms with Gasteiger partial charge in [-0.2, -0.15) is 9.97 Å². The Balaban J connectivity index is 1.27. The second kappa shape index (κ2) is 13.1. The largest absolute Gasteiger partial charge is 0.480 e. The van der Waals surface area contributed by atoms with Gasteiger partial charge >= 0.3 is 11.9 Å². The molecular formula is C27H28N10O6. The van der Waals surface area contributed by atoms with E-state index in [1.807, 2.05) is 0 Å². The Morgan fingerprint density at radius 1 is 0.884 bits per heavy atom. The molecule has 43 heavy (non-hydrogen) atoms. The first-order valence-corrected chi connectivity index (χ1v) is 12.8. The van der Waals surface area contributed by atoms with Crippen LogP contribution in [0, 0.1) is 0 Å². The Hall–Kier alpha value is -6.06. The highest BCUT2D eigenvalue weighted by atomic mass is 16.4. The van der Waals surface area contributed by atoms with Crippen molar-refractivity contribution in [1.82, 2.24) is 30.6 Å². The lowest BCUT2D eigenvalue weighted by Gasteiger charge is -2.15. The van der Waals surface area contributed by atoms with Gasteiger partial charge in [-0.3, -0.25) is 9.59 Å². The molecule has 2 aromatic carbocycles. The van der Waals surface area contributed by atoms with Crippen LogP contribution in [0.25, 0.3) is 11.2 Å². The molecule has 2 aromatic heterocycles. The zero-order valence-corrected chi connectivity index (χ0v) is 22.6. The van der Waals surface area contributed by atoms with Gasteiger partial charge in [-0.1, -0.05) is 0 Å². The Kier molecular flexibility index (Phi) is 9.09. The summed E-state index contributed by atoms with van der Waals surface area (Å²) in [6, 6.07) is 9.03. The predicted octanol–water partition coefficient (Wildman–Crippen LogP) is 0.870. The number of carboxylic acid groups (broad SMARTS) is 2. The second-order valence-corrected chi connectivity index (χ2v) is 9.30. The van der Waals surface area contributed by atoms with Crippen LogP contribution in [0.4, 0.5) is 23.1 Å². The summed E-state index contributed by atoms with van der Waals surface area (Å²) in [6.45, 7) is 0.337. The third kappa shape index (κ3) is 7.57. The molecule has 0 aliphatic carbocycles. The van der Waals surface area contributed by atoms with Crippen molar-refractivity contribution < 1.29 is 29.4 Å². The van der Waals surface area contributed by atoms with Crippen molar-refractivity contribution in [3.63, 3.8) is 0 Å². The van der Waals surface area contributed by atoms with Crippen LogP contribution in [-0.4, -0.2) is 66.5 Å². The first-order valence-electron chi connectivity index (χ1n) is 12.8. The number of carbonyl (C=O) groups excluding carboxylic acids is 2. The van der Waals surface area contributed by atoms with Gasteiger partial charge in [0.25, 0.3) is 11.8 Å². The average Bonchev–Trinajstić information content (AvgIpc) is 2.97. The molecule has 4 aromatic rings. The quantitative estimate of drug-likeness (QED) is 0.0842. The summed E-state index contributed by atoms with van der Waals surface area (Å²) in [7, 11) is 0. The maximum Gasteiger partial charge on any atom is 0.336 e. The summed E-state index contributed by atoms with van der Waals surface area (Å²) in [5, 5.41) is 27.0. The summed E-state index contributed by atoms with van der Waals surface area (Å²) in [5.74, 6) is -3.66. The van der Waals surface area contributed by atoms with Gasteiger partial charge in [-0.25, -0.2) is 19.6 Å². The number of aromatic nitrogens is 4. The van der Waals surface area contributed by atoms with Crippen LogP contribution >= 0.6 is 0 Å². The number of aromatic carboxylic acids is 1. The van der Waals surface area contributed by atoms with E-state index in [2.05, 4.69) is 35.9 Å². The third-order valence-corrected chi connectivity index (χ3v) is 6.20. The number of nitrogen functional groups attached to an aromatic ring is 3. The number of hydrogen-bond acceptors (Lipinski definition) is 12. The average molecular weight is 589 g/mol. The number of carboxylic acids is 2. The van der Waals surface area contributed by atoms with E-state index in [4.69, 9.17) is 17.2 Å². The molecule has 0 radical (unpaired) electrons. The third-order valence-electron chi connectivity index (χ3n) is 6.20. The van der Waals surface area contributed by atoms with Crippen molar-refractivity contribution >= 4 is 58.1 Å². The number of amides is 2. The number of anilines is 4. The number of rotatable bonds is 12. The lowest BCUT2D eigenvalue weighted by Crippen LogP contribution is -2.41. The lowest BCUT2D eigenvalue weighted by atomic mass is 10.1. The highest BCUT2D eigenvalue weighted by Gasteiger charge is 2.21. The van der Waals surface area contributed by atoms with Crippen molar-refractivity contribution in [2.24, 2.45) is 0 Å². The monoisotopic (exact) mass is 588 g/mol. The van der Waals surface area contributed by atoms with Crippen LogP contribution < -0.4 is 33.2 Å². The summed E-state index contributed by atoms with van der Waals surface area (Å²) in [5.41, 5.74) is 19.0. The van der Waals surface area contributed by atoms with Gasteiger partial charge in [0.2, 0.25) is 5.95 Å². The number of nitrogens with zero attached hydrogens (tertiary/aromatic N) is 4. The van der Waals surface area contributed by atoms with E-state index in [0.29, 0.717) is 16.9 Å². The first-order chi connectivity index (χ1) is 20.5. The molecule has 11 N–H and O–H groups in total. The molecule has 222 valence electrons. The maximum atomic E-state index is 12.7. The van der Waals surface area contributed by atoms with Crippen LogP contribution in [0.3, 0.4) is 0 Å². The molecule has 0 aliphatic rings. The van der Waals surface area contributed by atoms with Crippen molar-refractivity contribution in [3.05, 3.63) is 71.0 Å². The molecule has 1 atom stereocenters. The number of nitrogens with one attached hydrogen (secondary N) is 3. The van der Waals surface area contributed by atoms with Gasteiger partial charge in [0.1, 0.15) is 6.04 Å². The first kappa shape index (κ1) is 29.9. The van der Waals surface area contributed by atoms with Crippen LogP contribution in [0.5, 0.6) is 0 Å². The van der Waals surface area contributed by atoms with E-state index in [1.165, 1.54) is 36.5 Å². The number of aliphatic carboxylic acids is 1. The molecule has 1 unspecified atom stereocenters. The summed E-state index contributed by atoms with van der Waals surface area (Å²) in [6.07, 6.45) is 1.74. The molecule has 0 saturated heterocycles. The summed E-state index contributed by atoms with van der Waals surface area (Å²) >= 11 is 0. The molecule has 2 amide bonds. The summed E-state index contributed by atoms with van der Waals surface area (Å²) in [4.78, 5) is 64.7. The van der Waals surface area contributed by atoms with E-state index < -0.39 is 29.8 Å². The lowest BCUT2D eigenvalue weighted by molar-refractivity contribution is -0.139. The highest BCUT2D eigenvalue weighted by molar-refractivity contribution is 6.05. The van der Waals surface area contributed by atoms with Gasteiger partial charge < -0.3 is 43.4 Å². The van der Waals surface area contributed by atoms with Crippen LogP contribution in [0.2, 0.25) is 0 Å². The zero-order chi connectivity index (χ0) is 31.1. The van der Waals surface area contributed by atoms with Gasteiger partial charge in [0.15, 0.2) is 17.0 Å². The molecule has 0 fully saturated rings. The van der Waals surface area contributed by atoms with E-state index in [1.54, 1.807) is 12.1 Å². The van der Waals surface area contributed by atoms with Gasteiger partial charge in [0.05, 0.1) is 29.6 Å². The zero-order valence-electron chi connectivity index (χ0n) is 22.6. The molecule has 0 aliphatic heterocycles. The van der Waals surface area contributed by atoms with E-state index in [9.17, 15) is 29.4 Å². The number of nitrogens with two attached hydrogens (primary N) is 3. The van der Waals surface area contributed by atoms with Gasteiger partial charge in [0, 0.05) is 23.5 Å². The topological polar surface area (TPSA) is 274 Å². The highest BCUT2D eigenvalue weighted by Crippen LogP contribution is 2.17. The summed E-state index contributed by atoms with van der Waals surface area (Å²) < 4.78 is 0. The Morgan fingerprint density at radius 2 is 1.63 bits per heavy atom. The van der Waals surface area contributed by atoms with E-state index in [-0.39, 0.29) is 65.7 Å². The number of hydrogen-bond donors (Lipinski definition) is 8. The normalized spacial score (nSPS) is 11.4. The van der Waals surface area contributed by atoms with Crippen LogP contribution in [0.1, 0.15) is 49.6 Å². The standard InChI is InChI=1S/C27H28N10O6/c28-14-5-8-17(18(10-14)25(40)41)24(39)31-9-1-2-19(26(42)43)35-23(38)13-3-6-15(7-4-13)32-11-16-12-33-22-20(34-16)21(29)36-27(30)37-22/h3-8,10,12,19,32H,1-2,9,11,28H2,(H,31,39)(H,35,38)(H,40,41)(H,42,43)(H4,29,30,33,36,37). The maximum absolute atomic E-state index is 12.7. The van der Waals surface area contributed by atoms with Crippen molar-refractivity contribution in [3.8, 4) is 0 Å². The fraction of sp³-hybridized carbons (Fsp3) is 0.185. The fourth-order valence-corrected chi connectivity index (χ4v) is 4.04. The minimum Gasteiger partial charge on any atom is -0.480 e. The van der Waals surface area contributed by atoms with Crippen molar-refractivity contribution in [2.45, 2.75) is 25.4 Å². The molecule has 0 saturated carbocycles. The van der Waals surface area contributed by atoms with Gasteiger partial charge in [-0.15, -0.1) is 0 Å². The second-order valence-electron chi connectivity index (χ2n) is 9.30. The molecule has 16 heteroatoms.